The second kappa shape index (κ2) is 9.46. The Morgan fingerprint density at radius 1 is 1.41 bits per heavy atom. The summed E-state index contributed by atoms with van der Waals surface area (Å²) in [6, 6.07) is 7.65. The van der Waals surface area contributed by atoms with Crippen molar-refractivity contribution < 1.29 is 9.47 Å². The summed E-state index contributed by atoms with van der Waals surface area (Å²) in [5, 5.41) is 3.10. The molecule has 0 radical (unpaired) electrons. The van der Waals surface area contributed by atoms with E-state index in [9.17, 15) is 0 Å². The molecule has 1 heterocycles. The molecule has 0 amide bonds. The summed E-state index contributed by atoms with van der Waals surface area (Å²) in [5.74, 6) is 1.17. The lowest BCUT2D eigenvalue weighted by Gasteiger charge is -2.34. The Bertz CT molecular complexity index is 493. The van der Waals surface area contributed by atoms with Gasteiger partial charge < -0.3 is 20.5 Å². The lowest BCUT2D eigenvalue weighted by atomic mass is 9.99. The number of nitrogens with one attached hydrogen (secondary N) is 1. The Hall–Kier alpha value is -0.670. The van der Waals surface area contributed by atoms with Crippen LogP contribution in [0, 0.1) is 0 Å². The van der Waals surface area contributed by atoms with E-state index in [0.29, 0.717) is 12.5 Å². The molecule has 22 heavy (non-hydrogen) atoms. The van der Waals surface area contributed by atoms with Crippen molar-refractivity contribution in [1.82, 2.24) is 0 Å². The van der Waals surface area contributed by atoms with E-state index in [1.54, 1.807) is 7.11 Å². The highest BCUT2D eigenvalue weighted by atomic mass is 127. The second-order valence-electron chi connectivity index (χ2n) is 5.03. The maximum absolute atomic E-state index is 6.00. The number of nitrogens with zero attached hydrogens (tertiary/aromatic N) is 1. The molecule has 0 bridgehead atoms. The van der Waals surface area contributed by atoms with Gasteiger partial charge in [-0.1, -0.05) is 12.1 Å². The molecule has 124 valence electrons. The van der Waals surface area contributed by atoms with Gasteiger partial charge in [-0.15, -0.1) is 24.0 Å². The number of hydrogen-bond donors (Lipinski definition) is 2. The summed E-state index contributed by atoms with van der Waals surface area (Å²) in [6.07, 6.45) is 4.16. The highest BCUT2D eigenvalue weighted by molar-refractivity contribution is 14.0. The minimum atomic E-state index is 0. The van der Waals surface area contributed by atoms with E-state index in [1.165, 1.54) is 0 Å². The number of benzene rings is 1. The molecule has 0 saturated carbocycles. The Morgan fingerprint density at radius 2 is 2.09 bits per heavy atom. The van der Waals surface area contributed by atoms with Crippen molar-refractivity contribution in [2.24, 2.45) is 10.7 Å². The Balaban J connectivity index is 0.00000242. The van der Waals surface area contributed by atoms with E-state index in [2.05, 4.69) is 16.6 Å². The standard InChI is InChI=1S/C15H23N3O2S.HI/c1-19-13-6-4-3-5-12(13)18-14(16)17-11-15(21-2)7-9-20-10-8-15;/h3-6H,7-11H2,1-2H3,(H3,16,17,18);1H. The number of hydrogen-bond acceptors (Lipinski definition) is 4. The molecule has 7 heteroatoms. The van der Waals surface area contributed by atoms with Crippen LogP contribution in [0.1, 0.15) is 12.8 Å². The highest BCUT2D eigenvalue weighted by Crippen LogP contribution is 2.34. The van der Waals surface area contributed by atoms with E-state index in [0.717, 1.165) is 37.5 Å². The highest BCUT2D eigenvalue weighted by Gasteiger charge is 2.31. The molecule has 0 atom stereocenters. The molecule has 0 aliphatic carbocycles. The summed E-state index contributed by atoms with van der Waals surface area (Å²) in [5.41, 5.74) is 6.83. The largest absolute Gasteiger partial charge is 0.495 e. The number of aliphatic imine (C=N–C) groups is 1. The topological polar surface area (TPSA) is 68.9 Å². The third-order valence-electron chi connectivity index (χ3n) is 3.74. The number of nitrogens with two attached hydrogens (primary N) is 1. The van der Waals surface area contributed by atoms with Crippen LogP contribution >= 0.6 is 35.7 Å². The van der Waals surface area contributed by atoms with Crippen LogP contribution in [-0.2, 0) is 4.74 Å². The van der Waals surface area contributed by atoms with Crippen LogP contribution < -0.4 is 15.8 Å². The Kier molecular flexibility index (Phi) is 8.34. The third-order valence-corrected chi connectivity index (χ3v) is 5.15. The first kappa shape index (κ1) is 19.4. The zero-order chi connectivity index (χ0) is 15.1. The van der Waals surface area contributed by atoms with Gasteiger partial charge in [0.25, 0.3) is 0 Å². The first-order valence-electron chi connectivity index (χ1n) is 7.02. The van der Waals surface area contributed by atoms with Gasteiger partial charge in [0.1, 0.15) is 5.75 Å². The Labute approximate surface area is 153 Å². The molecule has 0 unspecified atom stereocenters. The molecular weight excluding hydrogens is 413 g/mol. The van der Waals surface area contributed by atoms with Crippen LogP contribution in [0.4, 0.5) is 5.69 Å². The zero-order valence-electron chi connectivity index (χ0n) is 13.0. The van der Waals surface area contributed by atoms with E-state index >= 15 is 0 Å². The summed E-state index contributed by atoms with van der Waals surface area (Å²) < 4.78 is 10.9. The van der Waals surface area contributed by atoms with Crippen molar-refractivity contribution in [3.05, 3.63) is 24.3 Å². The number of ether oxygens (including phenoxy) is 2. The van der Waals surface area contributed by atoms with Crippen LogP contribution in [-0.4, -0.2) is 43.8 Å². The number of guanidine groups is 1. The van der Waals surface area contributed by atoms with Crippen LogP contribution in [0.25, 0.3) is 0 Å². The maximum atomic E-state index is 6.00. The molecule has 1 aromatic carbocycles. The molecule has 5 nitrogen and oxygen atoms in total. The predicted molar refractivity (Wildman–Crippen MR) is 105 cm³/mol. The number of methoxy groups -OCH3 is 1. The van der Waals surface area contributed by atoms with E-state index in [-0.39, 0.29) is 28.7 Å². The van der Waals surface area contributed by atoms with Gasteiger partial charge in [-0.25, -0.2) is 0 Å². The smallest absolute Gasteiger partial charge is 0.193 e. The Morgan fingerprint density at radius 3 is 2.73 bits per heavy atom. The van der Waals surface area contributed by atoms with E-state index < -0.39 is 0 Å². The number of anilines is 1. The summed E-state index contributed by atoms with van der Waals surface area (Å²) in [4.78, 5) is 4.51. The molecule has 0 spiro atoms. The van der Waals surface area contributed by atoms with Crippen molar-refractivity contribution in [1.29, 1.82) is 0 Å². The van der Waals surface area contributed by atoms with Gasteiger partial charge in [-0.3, -0.25) is 4.99 Å². The number of halogens is 1. The SMILES string of the molecule is COc1ccccc1NC(N)=NCC1(SC)CCOCC1.I. The molecule has 1 aromatic rings. The maximum Gasteiger partial charge on any atom is 0.193 e. The quantitative estimate of drug-likeness (QED) is 0.421. The van der Waals surface area contributed by atoms with Gasteiger partial charge in [-0.05, 0) is 31.2 Å². The van der Waals surface area contributed by atoms with Gasteiger partial charge in [0.05, 0.1) is 19.3 Å². The van der Waals surface area contributed by atoms with Crippen LogP contribution in [0.2, 0.25) is 0 Å². The van der Waals surface area contributed by atoms with Crippen LogP contribution in [0.15, 0.2) is 29.3 Å². The van der Waals surface area contributed by atoms with Gasteiger partial charge >= 0.3 is 0 Å². The van der Waals surface area contributed by atoms with Gasteiger partial charge in [0.15, 0.2) is 5.96 Å². The fourth-order valence-corrected chi connectivity index (χ4v) is 3.09. The lowest BCUT2D eigenvalue weighted by molar-refractivity contribution is 0.0794. The fourth-order valence-electron chi connectivity index (χ4n) is 2.32. The van der Waals surface area contributed by atoms with Crippen LogP contribution in [0.3, 0.4) is 0 Å². The second-order valence-corrected chi connectivity index (χ2v) is 6.30. The molecule has 1 saturated heterocycles. The van der Waals surface area contributed by atoms with E-state index in [4.69, 9.17) is 15.2 Å². The summed E-state index contributed by atoms with van der Waals surface area (Å²) >= 11 is 1.85. The zero-order valence-corrected chi connectivity index (χ0v) is 16.1. The summed E-state index contributed by atoms with van der Waals surface area (Å²) in [6.45, 7) is 2.30. The fraction of sp³-hybridized carbons (Fsp3) is 0.533. The first-order chi connectivity index (χ1) is 10.2. The van der Waals surface area contributed by atoms with E-state index in [1.807, 2.05) is 36.0 Å². The van der Waals surface area contributed by atoms with Crippen molar-refractivity contribution in [2.75, 3.05) is 38.4 Å². The number of rotatable bonds is 5. The molecule has 1 aliphatic rings. The molecule has 3 N–H and O–H groups in total. The number of para-hydroxylation sites is 2. The lowest BCUT2D eigenvalue weighted by Crippen LogP contribution is -2.37. The average molecular weight is 437 g/mol. The van der Waals surface area contributed by atoms with Crippen molar-refractivity contribution in [3.8, 4) is 5.75 Å². The molecule has 0 aromatic heterocycles. The van der Waals surface area contributed by atoms with Crippen LogP contribution in [0.5, 0.6) is 5.75 Å². The molecule has 1 fully saturated rings. The van der Waals surface area contributed by atoms with Gasteiger partial charge in [-0.2, -0.15) is 11.8 Å². The van der Waals surface area contributed by atoms with Gasteiger partial charge in [0.2, 0.25) is 0 Å². The minimum absolute atomic E-state index is 0. The number of thioether (sulfide) groups is 1. The monoisotopic (exact) mass is 437 g/mol. The molecule has 2 rings (SSSR count). The first-order valence-corrected chi connectivity index (χ1v) is 8.24. The average Bonchev–Trinajstić information content (AvgIpc) is 2.54. The molecule has 1 aliphatic heterocycles. The van der Waals surface area contributed by atoms with Crippen molar-refractivity contribution in [2.45, 2.75) is 17.6 Å². The normalized spacial score (nSPS) is 17.5. The molecular formula is C15H24IN3O2S. The van der Waals surface area contributed by atoms with Crippen molar-refractivity contribution >= 4 is 47.4 Å². The predicted octanol–water partition coefficient (Wildman–Crippen LogP) is 2.95. The van der Waals surface area contributed by atoms with Crippen molar-refractivity contribution in [3.63, 3.8) is 0 Å². The third kappa shape index (κ3) is 5.20. The minimum Gasteiger partial charge on any atom is -0.495 e. The summed E-state index contributed by atoms with van der Waals surface area (Å²) in [7, 11) is 1.64. The van der Waals surface area contributed by atoms with Gasteiger partial charge in [0, 0.05) is 18.0 Å².